The van der Waals surface area contributed by atoms with Crippen molar-refractivity contribution in [2.45, 2.75) is 78.3 Å². The van der Waals surface area contributed by atoms with Crippen molar-refractivity contribution in [1.82, 2.24) is 0 Å². The Morgan fingerprint density at radius 2 is 0.707 bits per heavy atom. The van der Waals surface area contributed by atoms with E-state index in [0.717, 1.165) is 9.52 Å². The summed E-state index contributed by atoms with van der Waals surface area (Å²) in [6.45, 7) is 8.84. The van der Waals surface area contributed by atoms with Crippen LogP contribution in [0.2, 0.25) is 13.1 Å². The molecule has 0 fully saturated rings. The van der Waals surface area contributed by atoms with Gasteiger partial charge in [-0.3, -0.25) is 0 Å². The average Bonchev–Trinajstić information content (AvgIpc) is 3.90. The molecule has 0 amide bonds. The summed E-state index contributed by atoms with van der Waals surface area (Å²) in [6, 6.07) is 61.8. The van der Waals surface area contributed by atoms with Gasteiger partial charge in [0.05, 0.1) is 0 Å². The van der Waals surface area contributed by atoms with Gasteiger partial charge in [-0.1, -0.05) is 244 Å². The molecule has 0 saturated heterocycles. The van der Waals surface area contributed by atoms with E-state index < -0.39 is 20.8 Å². The molecule has 0 N–H and O–H groups in total. The standard InChI is InChI=1S/2C26H25.C2H6Si.2ClH.Zr/c2*1-2-3-6-11-20-18-25-23(21-12-7-4-8-13-21)16-17-24(26(25)19-20)22-14-9-5-10-15-22;1-3-2;;;/h2*4-5,7-10,12-19H,2-3,6,11H2,1H3;1-2H3;2*1H;/q2*-1;;;;+4/p-2. The van der Waals surface area contributed by atoms with Crippen LogP contribution in [0.25, 0.3) is 66.1 Å². The molecular weight excluding hydrogens is 839 g/mol. The zero-order valence-electron chi connectivity index (χ0n) is 34.6. The molecular formula is C54H56Cl2SiZr. The van der Waals surface area contributed by atoms with Crippen LogP contribution in [-0.2, 0) is 33.7 Å². The number of aryl methyl sites for hydroxylation is 2. The van der Waals surface area contributed by atoms with Crippen LogP contribution in [0.5, 0.6) is 0 Å². The normalized spacial score (nSPS) is 10.4. The van der Waals surface area contributed by atoms with E-state index in [1.807, 2.05) is 0 Å². The number of unbranched alkanes of at least 4 members (excludes halogenated alkanes) is 4. The van der Waals surface area contributed by atoms with Crippen LogP contribution in [0.3, 0.4) is 0 Å². The minimum atomic E-state index is -0.826. The number of rotatable bonds is 12. The molecule has 0 nitrogen and oxygen atoms in total. The molecule has 4 heteroatoms. The van der Waals surface area contributed by atoms with E-state index in [1.165, 1.54) is 129 Å². The predicted octanol–water partition coefficient (Wildman–Crippen LogP) is 17.4. The van der Waals surface area contributed by atoms with Gasteiger partial charge >= 0.3 is 37.9 Å². The van der Waals surface area contributed by atoms with Crippen molar-refractivity contribution in [3.63, 3.8) is 0 Å². The topological polar surface area (TPSA) is 0 Å². The Labute approximate surface area is 369 Å². The van der Waals surface area contributed by atoms with Gasteiger partial charge in [0, 0.05) is 9.52 Å². The van der Waals surface area contributed by atoms with Crippen molar-refractivity contribution in [1.29, 1.82) is 0 Å². The van der Waals surface area contributed by atoms with Crippen LogP contribution in [0.15, 0.2) is 170 Å². The van der Waals surface area contributed by atoms with E-state index in [2.05, 4.69) is 197 Å². The Bertz CT molecular complexity index is 2020. The van der Waals surface area contributed by atoms with Gasteiger partial charge in [-0.15, -0.1) is 44.8 Å². The van der Waals surface area contributed by atoms with Crippen LogP contribution >= 0.6 is 17.0 Å². The third-order valence-electron chi connectivity index (χ3n) is 10.4. The second-order valence-electron chi connectivity index (χ2n) is 14.7. The molecule has 0 heterocycles. The number of benzene rings is 6. The first-order valence-corrected chi connectivity index (χ1v) is 29.1. The van der Waals surface area contributed by atoms with Crippen LogP contribution in [-0.4, -0.2) is 9.52 Å². The summed E-state index contributed by atoms with van der Waals surface area (Å²) in [4.78, 5) is 0. The van der Waals surface area contributed by atoms with E-state index in [4.69, 9.17) is 17.0 Å². The molecule has 0 aliphatic rings. The van der Waals surface area contributed by atoms with Crippen molar-refractivity contribution >= 4 is 48.1 Å². The number of hydrogen-bond acceptors (Lipinski definition) is 0. The molecule has 0 aliphatic heterocycles. The van der Waals surface area contributed by atoms with E-state index in [1.54, 1.807) is 0 Å². The molecule has 294 valence electrons. The second kappa shape index (κ2) is 25.0. The fraction of sp³-hybridized carbons (Fsp3) is 0.222. The molecule has 0 bridgehead atoms. The fourth-order valence-corrected chi connectivity index (χ4v) is 7.64. The van der Waals surface area contributed by atoms with Gasteiger partial charge in [-0.25, -0.2) is 0 Å². The summed E-state index contributed by atoms with van der Waals surface area (Å²) >= 11 is -0.826. The summed E-state index contributed by atoms with van der Waals surface area (Å²) in [5.41, 5.74) is 13.5. The maximum absolute atomic E-state index is 4.93. The molecule has 58 heavy (non-hydrogen) atoms. The third-order valence-corrected chi connectivity index (χ3v) is 10.4. The molecule has 0 saturated carbocycles. The molecule has 0 aromatic heterocycles. The summed E-state index contributed by atoms with van der Waals surface area (Å²) in [5, 5.41) is 5.52. The first-order valence-electron chi connectivity index (χ1n) is 20.8. The van der Waals surface area contributed by atoms with E-state index in [9.17, 15) is 0 Å². The average molecular weight is 895 g/mol. The second-order valence-corrected chi connectivity index (χ2v) is 19.4. The van der Waals surface area contributed by atoms with Crippen LogP contribution < -0.4 is 0 Å². The Hall–Kier alpha value is -3.78. The van der Waals surface area contributed by atoms with Crippen LogP contribution in [0, 0.1) is 0 Å². The first-order chi connectivity index (χ1) is 28.6. The fourth-order valence-electron chi connectivity index (χ4n) is 7.64. The molecule has 0 aliphatic carbocycles. The molecule has 8 aromatic rings. The zero-order valence-corrected chi connectivity index (χ0v) is 39.5. The zero-order chi connectivity index (χ0) is 41.0. The van der Waals surface area contributed by atoms with Crippen LogP contribution in [0.1, 0.15) is 63.5 Å². The predicted molar refractivity (Wildman–Crippen MR) is 256 cm³/mol. The number of halogens is 2. The Balaban J connectivity index is 0.000000195. The van der Waals surface area contributed by atoms with Crippen molar-refractivity contribution in [3.05, 3.63) is 181 Å². The molecule has 0 spiro atoms. The molecule has 0 unspecified atom stereocenters. The summed E-state index contributed by atoms with van der Waals surface area (Å²) in [7, 11) is 11.0. The van der Waals surface area contributed by atoms with Crippen LogP contribution in [0.4, 0.5) is 0 Å². The summed E-state index contributed by atoms with van der Waals surface area (Å²) in [6.07, 6.45) is 10.0. The Morgan fingerprint density at radius 1 is 0.431 bits per heavy atom. The molecule has 2 radical (unpaired) electrons. The van der Waals surface area contributed by atoms with Crippen molar-refractivity contribution in [2.24, 2.45) is 0 Å². The van der Waals surface area contributed by atoms with E-state index in [-0.39, 0.29) is 0 Å². The SMILES string of the molecule is CCCCCc1cc2c(-c3ccccc3)ccc(-c3ccccc3)c2[cH-]1.CCCCCc1cc2c(-c3ccccc3)ccc(-c3ccccc3)c2[cH-]1.C[Si]C.[Cl][Zr+2][Cl]. The quantitative estimate of drug-likeness (QED) is 0.0651. The molecule has 8 rings (SSSR count). The molecule has 8 aromatic carbocycles. The molecule has 0 atom stereocenters. The summed E-state index contributed by atoms with van der Waals surface area (Å²) < 4.78 is 0. The Morgan fingerprint density at radius 3 is 1.00 bits per heavy atom. The first kappa shape index (κ1) is 45.3. The van der Waals surface area contributed by atoms with Crippen molar-refractivity contribution in [2.75, 3.05) is 0 Å². The summed E-state index contributed by atoms with van der Waals surface area (Å²) in [5.74, 6) is 0. The monoisotopic (exact) mass is 892 g/mol. The van der Waals surface area contributed by atoms with Gasteiger partial charge in [-0.05, 0) is 24.0 Å². The third kappa shape index (κ3) is 12.6. The van der Waals surface area contributed by atoms with Gasteiger partial charge in [0.1, 0.15) is 0 Å². The maximum atomic E-state index is 4.93. The van der Waals surface area contributed by atoms with Gasteiger partial charge in [0.15, 0.2) is 0 Å². The van der Waals surface area contributed by atoms with E-state index >= 15 is 0 Å². The Kier molecular flexibility index (Phi) is 19.5. The van der Waals surface area contributed by atoms with Gasteiger partial charge in [0.25, 0.3) is 0 Å². The van der Waals surface area contributed by atoms with Gasteiger partial charge < -0.3 is 0 Å². The number of hydrogen-bond donors (Lipinski definition) is 0. The van der Waals surface area contributed by atoms with Gasteiger partial charge in [-0.2, -0.15) is 12.1 Å². The van der Waals surface area contributed by atoms with Crippen molar-refractivity contribution in [3.8, 4) is 44.5 Å². The minimum absolute atomic E-state index is 0.826. The van der Waals surface area contributed by atoms with Gasteiger partial charge in [0.2, 0.25) is 0 Å². The van der Waals surface area contributed by atoms with Crippen molar-refractivity contribution < 1.29 is 20.8 Å². The van der Waals surface area contributed by atoms with E-state index in [0.29, 0.717) is 0 Å². The number of fused-ring (bicyclic) bond motifs is 2.